The molecule has 2 nitrogen and oxygen atoms in total. The van der Waals surface area contributed by atoms with Gasteiger partial charge in [-0.3, -0.25) is 4.39 Å². The Kier molecular flexibility index (Phi) is 2.00. The summed E-state index contributed by atoms with van der Waals surface area (Å²) in [7, 11) is 0. The van der Waals surface area contributed by atoms with E-state index >= 15 is 0 Å². The molecule has 1 aromatic heterocycles. The van der Waals surface area contributed by atoms with E-state index in [0.29, 0.717) is 0 Å². The molecule has 0 amide bonds. The minimum absolute atomic E-state index is 0.194. The van der Waals surface area contributed by atoms with Gasteiger partial charge in [-0.1, -0.05) is 0 Å². The Morgan fingerprint density at radius 3 is 3.00 bits per heavy atom. The Bertz CT molecular complexity index is 268. The van der Waals surface area contributed by atoms with Gasteiger partial charge in [0.25, 0.3) is 0 Å². The zero-order valence-corrected chi connectivity index (χ0v) is 7.77. The molecule has 0 saturated carbocycles. The van der Waals surface area contributed by atoms with Gasteiger partial charge in [-0.25, -0.2) is 4.98 Å². The average molecular weight is 186 g/mol. The molecule has 1 aromatic rings. The topological polar surface area (TPSA) is 16.1 Å². The quantitative estimate of drug-likeness (QED) is 0.700. The highest BCUT2D eigenvalue weighted by Gasteiger charge is 2.28. The Morgan fingerprint density at radius 1 is 1.75 bits per heavy atom. The summed E-state index contributed by atoms with van der Waals surface area (Å²) >= 11 is 1.68. The van der Waals surface area contributed by atoms with Crippen molar-refractivity contribution >= 4 is 16.5 Å². The monoisotopic (exact) mass is 186 g/mol. The molecule has 2 heterocycles. The van der Waals surface area contributed by atoms with E-state index in [2.05, 4.69) is 9.88 Å². The Hall–Kier alpha value is -0.640. The summed E-state index contributed by atoms with van der Waals surface area (Å²) in [6.45, 7) is 3.52. The minimum Gasteiger partial charge on any atom is -0.347 e. The zero-order valence-electron chi connectivity index (χ0n) is 6.96. The SMILES string of the molecule is Cc1cnc(N2CC(CF)C2)s1. The van der Waals surface area contributed by atoms with Crippen molar-refractivity contribution in [3.05, 3.63) is 11.1 Å². The molecule has 66 valence electrons. The van der Waals surface area contributed by atoms with Gasteiger partial charge in [0.1, 0.15) is 0 Å². The predicted octanol–water partition coefficient (Wildman–Crippen LogP) is 1.86. The third-order valence-electron chi connectivity index (χ3n) is 2.05. The maximum absolute atomic E-state index is 12.1. The number of rotatable bonds is 2. The molecule has 1 fully saturated rings. The lowest BCUT2D eigenvalue weighted by Gasteiger charge is -2.37. The van der Waals surface area contributed by atoms with Gasteiger partial charge in [0, 0.05) is 30.1 Å². The van der Waals surface area contributed by atoms with Crippen molar-refractivity contribution in [3.8, 4) is 0 Å². The van der Waals surface area contributed by atoms with Crippen LogP contribution in [0.15, 0.2) is 6.20 Å². The number of halogens is 1. The molecule has 0 radical (unpaired) electrons. The van der Waals surface area contributed by atoms with E-state index in [1.807, 2.05) is 13.1 Å². The van der Waals surface area contributed by atoms with Crippen LogP contribution in [0.2, 0.25) is 0 Å². The van der Waals surface area contributed by atoms with Gasteiger partial charge >= 0.3 is 0 Å². The van der Waals surface area contributed by atoms with Crippen LogP contribution in [0.3, 0.4) is 0 Å². The number of hydrogen-bond donors (Lipinski definition) is 0. The molecule has 0 N–H and O–H groups in total. The molecule has 0 spiro atoms. The normalized spacial score (nSPS) is 18.0. The fourth-order valence-electron chi connectivity index (χ4n) is 1.31. The smallest absolute Gasteiger partial charge is 0.185 e. The van der Waals surface area contributed by atoms with Gasteiger partial charge in [-0.15, -0.1) is 11.3 Å². The fourth-order valence-corrected chi connectivity index (χ4v) is 2.09. The standard InChI is InChI=1S/C8H11FN2S/c1-6-3-10-8(12-6)11-4-7(2-9)5-11/h3,7H,2,4-5H2,1H3. The first-order valence-electron chi connectivity index (χ1n) is 4.03. The van der Waals surface area contributed by atoms with E-state index in [1.165, 1.54) is 4.88 Å². The highest BCUT2D eigenvalue weighted by molar-refractivity contribution is 7.15. The molecule has 1 aliphatic rings. The van der Waals surface area contributed by atoms with Crippen LogP contribution in [0.5, 0.6) is 0 Å². The Morgan fingerprint density at radius 2 is 2.50 bits per heavy atom. The van der Waals surface area contributed by atoms with Gasteiger partial charge in [0.2, 0.25) is 0 Å². The Balaban J connectivity index is 1.96. The minimum atomic E-state index is -0.194. The summed E-state index contributed by atoms with van der Waals surface area (Å²) in [5.74, 6) is 0.245. The van der Waals surface area contributed by atoms with E-state index in [1.54, 1.807) is 11.3 Å². The first kappa shape index (κ1) is 7.98. The maximum Gasteiger partial charge on any atom is 0.185 e. The van der Waals surface area contributed by atoms with Gasteiger partial charge < -0.3 is 4.90 Å². The van der Waals surface area contributed by atoms with Crippen LogP contribution >= 0.6 is 11.3 Å². The predicted molar refractivity (Wildman–Crippen MR) is 48.5 cm³/mol. The van der Waals surface area contributed by atoms with Crippen molar-refractivity contribution in [3.63, 3.8) is 0 Å². The average Bonchev–Trinajstić information content (AvgIpc) is 2.34. The summed E-state index contributed by atoms with van der Waals surface area (Å²) in [6, 6.07) is 0. The number of aromatic nitrogens is 1. The number of alkyl halides is 1. The van der Waals surface area contributed by atoms with Crippen molar-refractivity contribution in [2.45, 2.75) is 6.92 Å². The van der Waals surface area contributed by atoms with Crippen LogP contribution in [0, 0.1) is 12.8 Å². The zero-order chi connectivity index (χ0) is 8.55. The molecule has 4 heteroatoms. The molecule has 0 aliphatic carbocycles. The van der Waals surface area contributed by atoms with Gasteiger partial charge in [-0.05, 0) is 6.92 Å². The fraction of sp³-hybridized carbons (Fsp3) is 0.625. The summed E-state index contributed by atoms with van der Waals surface area (Å²) in [4.78, 5) is 7.57. The third kappa shape index (κ3) is 1.31. The van der Waals surface area contributed by atoms with Crippen molar-refractivity contribution < 1.29 is 4.39 Å². The van der Waals surface area contributed by atoms with Gasteiger partial charge in [0.15, 0.2) is 5.13 Å². The molecular weight excluding hydrogens is 175 g/mol. The van der Waals surface area contributed by atoms with Crippen molar-refractivity contribution in [1.29, 1.82) is 0 Å². The van der Waals surface area contributed by atoms with Crippen LogP contribution < -0.4 is 4.90 Å². The van der Waals surface area contributed by atoms with Crippen molar-refractivity contribution in [2.75, 3.05) is 24.7 Å². The molecule has 0 bridgehead atoms. The number of anilines is 1. The lowest BCUT2D eigenvalue weighted by Crippen LogP contribution is -2.47. The number of nitrogens with zero attached hydrogens (tertiary/aromatic N) is 2. The molecule has 1 aliphatic heterocycles. The lowest BCUT2D eigenvalue weighted by molar-refractivity contribution is 0.306. The van der Waals surface area contributed by atoms with Crippen LogP contribution in [-0.4, -0.2) is 24.7 Å². The molecular formula is C8H11FN2S. The van der Waals surface area contributed by atoms with Crippen LogP contribution in [-0.2, 0) is 0 Å². The number of thiazole rings is 1. The summed E-state index contributed by atoms with van der Waals surface area (Å²) < 4.78 is 12.1. The molecule has 1 saturated heterocycles. The van der Waals surface area contributed by atoms with Gasteiger partial charge in [0.05, 0.1) is 6.67 Å². The van der Waals surface area contributed by atoms with E-state index in [0.717, 1.165) is 18.2 Å². The second-order valence-electron chi connectivity index (χ2n) is 3.18. The summed E-state index contributed by atoms with van der Waals surface area (Å²) in [6.07, 6.45) is 1.86. The van der Waals surface area contributed by atoms with Crippen LogP contribution in [0.4, 0.5) is 9.52 Å². The van der Waals surface area contributed by atoms with E-state index in [4.69, 9.17) is 0 Å². The highest BCUT2D eigenvalue weighted by atomic mass is 32.1. The lowest BCUT2D eigenvalue weighted by atomic mass is 10.0. The van der Waals surface area contributed by atoms with Crippen LogP contribution in [0.1, 0.15) is 4.88 Å². The molecule has 0 unspecified atom stereocenters. The maximum atomic E-state index is 12.1. The first-order valence-corrected chi connectivity index (χ1v) is 4.84. The largest absolute Gasteiger partial charge is 0.347 e. The first-order chi connectivity index (χ1) is 5.79. The second kappa shape index (κ2) is 3.01. The second-order valence-corrected chi connectivity index (χ2v) is 4.39. The third-order valence-corrected chi connectivity index (χ3v) is 3.03. The molecule has 12 heavy (non-hydrogen) atoms. The van der Waals surface area contributed by atoms with E-state index in [-0.39, 0.29) is 12.6 Å². The van der Waals surface area contributed by atoms with E-state index < -0.39 is 0 Å². The van der Waals surface area contributed by atoms with E-state index in [9.17, 15) is 4.39 Å². The molecule has 2 rings (SSSR count). The Labute approximate surface area is 75.0 Å². The van der Waals surface area contributed by atoms with Crippen molar-refractivity contribution in [1.82, 2.24) is 4.98 Å². The van der Waals surface area contributed by atoms with Gasteiger partial charge in [-0.2, -0.15) is 0 Å². The molecule has 0 atom stereocenters. The van der Waals surface area contributed by atoms with Crippen LogP contribution in [0.25, 0.3) is 0 Å². The summed E-state index contributed by atoms with van der Waals surface area (Å²) in [5.41, 5.74) is 0. The molecule has 0 aromatic carbocycles. The van der Waals surface area contributed by atoms with Crippen molar-refractivity contribution in [2.24, 2.45) is 5.92 Å². The highest BCUT2D eigenvalue weighted by Crippen LogP contribution is 2.28. The number of hydrogen-bond acceptors (Lipinski definition) is 3. The number of aryl methyl sites for hydroxylation is 1. The summed E-state index contributed by atoms with van der Waals surface area (Å²) in [5, 5.41) is 1.04.